The van der Waals surface area contributed by atoms with E-state index >= 15 is 0 Å². The first-order chi connectivity index (χ1) is 8.74. The molecule has 0 saturated carbocycles. The highest BCUT2D eigenvalue weighted by molar-refractivity contribution is 6.17. The Morgan fingerprint density at radius 2 is 2.17 bits per heavy atom. The summed E-state index contributed by atoms with van der Waals surface area (Å²) in [6, 6.07) is 5.85. The van der Waals surface area contributed by atoms with E-state index in [1.165, 1.54) is 0 Å². The van der Waals surface area contributed by atoms with E-state index in [-0.39, 0.29) is 0 Å². The number of aryl methyl sites for hydroxylation is 2. The molecule has 0 unspecified atom stereocenters. The van der Waals surface area contributed by atoms with Crippen molar-refractivity contribution in [2.24, 2.45) is 0 Å². The minimum atomic E-state index is 0.486. The van der Waals surface area contributed by atoms with Crippen molar-refractivity contribution >= 4 is 11.6 Å². The zero-order valence-corrected chi connectivity index (χ0v) is 11.2. The van der Waals surface area contributed by atoms with E-state index in [9.17, 15) is 0 Å². The van der Waals surface area contributed by atoms with Crippen molar-refractivity contribution < 1.29 is 9.15 Å². The Morgan fingerprint density at radius 3 is 2.89 bits per heavy atom. The molecule has 18 heavy (non-hydrogen) atoms. The highest BCUT2D eigenvalue weighted by Gasteiger charge is 2.13. The highest BCUT2D eigenvalue weighted by Crippen LogP contribution is 2.29. The van der Waals surface area contributed by atoms with Crippen molar-refractivity contribution in [2.45, 2.75) is 19.8 Å². The molecule has 4 nitrogen and oxygen atoms in total. The van der Waals surface area contributed by atoms with Crippen LogP contribution in [0, 0.1) is 6.92 Å². The van der Waals surface area contributed by atoms with E-state index in [0.717, 1.165) is 23.3 Å². The lowest BCUT2D eigenvalue weighted by Gasteiger charge is -2.05. The second-order valence-corrected chi connectivity index (χ2v) is 4.38. The van der Waals surface area contributed by atoms with Crippen LogP contribution in [0.15, 0.2) is 22.6 Å². The second kappa shape index (κ2) is 5.87. The zero-order valence-electron chi connectivity index (χ0n) is 10.4. The van der Waals surface area contributed by atoms with Gasteiger partial charge in [-0.25, -0.2) is 0 Å². The highest BCUT2D eigenvalue weighted by atomic mass is 35.5. The number of nitrogens with zero attached hydrogens (tertiary/aromatic N) is 2. The van der Waals surface area contributed by atoms with Gasteiger partial charge in [-0.3, -0.25) is 0 Å². The van der Waals surface area contributed by atoms with Crippen molar-refractivity contribution in [2.75, 3.05) is 13.0 Å². The van der Waals surface area contributed by atoms with Crippen molar-refractivity contribution in [1.29, 1.82) is 0 Å². The summed E-state index contributed by atoms with van der Waals surface area (Å²) in [6.07, 6.45) is 1.53. The van der Waals surface area contributed by atoms with Gasteiger partial charge in [-0.1, -0.05) is 11.6 Å². The summed E-state index contributed by atoms with van der Waals surface area (Å²) in [4.78, 5) is 0. The molecule has 0 N–H and O–H groups in total. The summed E-state index contributed by atoms with van der Waals surface area (Å²) in [5.74, 6) is 2.41. The van der Waals surface area contributed by atoms with Gasteiger partial charge in [-0.05, 0) is 25.5 Å². The summed E-state index contributed by atoms with van der Waals surface area (Å²) >= 11 is 5.63. The Balaban J connectivity index is 2.30. The fraction of sp³-hybridized carbons (Fsp3) is 0.385. The minimum Gasteiger partial charge on any atom is -0.496 e. The molecule has 0 saturated heterocycles. The van der Waals surface area contributed by atoms with Gasteiger partial charge in [0.05, 0.1) is 12.7 Å². The average molecular weight is 267 g/mol. The Labute approximate surface area is 111 Å². The number of benzene rings is 1. The van der Waals surface area contributed by atoms with E-state index < -0.39 is 0 Å². The maximum atomic E-state index is 5.63. The summed E-state index contributed by atoms with van der Waals surface area (Å²) in [6.45, 7) is 2.01. The van der Waals surface area contributed by atoms with Crippen LogP contribution in [0.3, 0.4) is 0 Å². The molecule has 0 spiro atoms. The number of rotatable bonds is 5. The number of alkyl halides is 1. The van der Waals surface area contributed by atoms with Crippen molar-refractivity contribution in [3.05, 3.63) is 29.7 Å². The molecule has 0 fully saturated rings. The lowest BCUT2D eigenvalue weighted by molar-refractivity contribution is 0.413. The third-order valence-electron chi connectivity index (χ3n) is 2.58. The van der Waals surface area contributed by atoms with Crippen LogP contribution in [0.25, 0.3) is 11.5 Å². The molecule has 0 aliphatic carbocycles. The minimum absolute atomic E-state index is 0.486. The topological polar surface area (TPSA) is 48.2 Å². The smallest absolute Gasteiger partial charge is 0.251 e. The van der Waals surface area contributed by atoms with Gasteiger partial charge in [0, 0.05) is 12.3 Å². The summed E-state index contributed by atoms with van der Waals surface area (Å²) in [5, 5.41) is 8.05. The molecule has 5 heteroatoms. The van der Waals surface area contributed by atoms with Crippen LogP contribution in [-0.4, -0.2) is 23.2 Å². The Morgan fingerprint density at radius 1 is 1.33 bits per heavy atom. The standard InChI is InChI=1S/C13H15ClN2O2/c1-9-5-6-11(17-2)10(8-9)13-16-15-12(18-13)4-3-7-14/h5-6,8H,3-4,7H2,1-2H3. The first-order valence-corrected chi connectivity index (χ1v) is 6.31. The van der Waals surface area contributed by atoms with Crippen LogP contribution in [-0.2, 0) is 6.42 Å². The van der Waals surface area contributed by atoms with E-state index in [1.807, 2.05) is 25.1 Å². The molecule has 1 heterocycles. The fourth-order valence-corrected chi connectivity index (χ4v) is 1.80. The van der Waals surface area contributed by atoms with Crippen molar-refractivity contribution in [1.82, 2.24) is 10.2 Å². The molecule has 0 radical (unpaired) electrons. The number of halogens is 1. The molecule has 1 aromatic heterocycles. The number of aromatic nitrogens is 2. The molecule has 0 bridgehead atoms. The molecule has 96 valence electrons. The maximum absolute atomic E-state index is 5.63. The average Bonchev–Trinajstić information content (AvgIpc) is 2.85. The van der Waals surface area contributed by atoms with Gasteiger partial charge >= 0.3 is 0 Å². The quantitative estimate of drug-likeness (QED) is 0.780. The Hall–Kier alpha value is -1.55. The summed E-state index contributed by atoms with van der Waals surface area (Å²) < 4.78 is 10.9. The predicted octanol–water partition coefficient (Wildman–Crippen LogP) is 3.23. The van der Waals surface area contributed by atoms with Crippen LogP contribution in [0.4, 0.5) is 0 Å². The molecule has 0 atom stereocenters. The number of ether oxygens (including phenoxy) is 1. The Kier molecular flexibility index (Phi) is 4.20. The van der Waals surface area contributed by atoms with Gasteiger partial charge in [0.15, 0.2) is 0 Å². The molecule has 0 aliphatic heterocycles. The van der Waals surface area contributed by atoms with Gasteiger partial charge in [0.2, 0.25) is 5.89 Å². The van der Waals surface area contributed by atoms with Crippen LogP contribution in [0.1, 0.15) is 17.9 Å². The normalized spacial score (nSPS) is 10.6. The molecule has 0 aliphatic rings. The number of hydrogen-bond acceptors (Lipinski definition) is 4. The summed E-state index contributed by atoms with van der Waals surface area (Å²) in [5.41, 5.74) is 1.94. The number of hydrogen-bond donors (Lipinski definition) is 0. The molecule has 2 rings (SSSR count). The third-order valence-corrected chi connectivity index (χ3v) is 2.84. The predicted molar refractivity (Wildman–Crippen MR) is 70.1 cm³/mol. The van der Waals surface area contributed by atoms with Gasteiger partial charge < -0.3 is 9.15 Å². The SMILES string of the molecule is COc1ccc(C)cc1-c1nnc(CCCCl)o1. The third kappa shape index (κ3) is 2.82. The van der Waals surface area contributed by atoms with E-state index in [2.05, 4.69) is 10.2 Å². The molecular formula is C13H15ClN2O2. The van der Waals surface area contributed by atoms with Gasteiger partial charge in [-0.2, -0.15) is 0 Å². The van der Waals surface area contributed by atoms with E-state index in [4.69, 9.17) is 20.8 Å². The maximum Gasteiger partial charge on any atom is 0.251 e. The van der Waals surface area contributed by atoms with Crippen LogP contribution in [0.2, 0.25) is 0 Å². The largest absolute Gasteiger partial charge is 0.496 e. The first-order valence-electron chi connectivity index (χ1n) is 5.78. The van der Waals surface area contributed by atoms with Gasteiger partial charge in [-0.15, -0.1) is 21.8 Å². The molecule has 1 aromatic carbocycles. The van der Waals surface area contributed by atoms with Crippen LogP contribution in [0.5, 0.6) is 5.75 Å². The lowest BCUT2D eigenvalue weighted by atomic mass is 10.1. The van der Waals surface area contributed by atoms with Crippen LogP contribution >= 0.6 is 11.6 Å². The molecule has 2 aromatic rings. The zero-order chi connectivity index (χ0) is 13.0. The monoisotopic (exact) mass is 266 g/mol. The molecule has 0 amide bonds. The number of methoxy groups -OCH3 is 1. The van der Waals surface area contributed by atoms with Crippen LogP contribution < -0.4 is 4.74 Å². The fourth-order valence-electron chi connectivity index (χ4n) is 1.67. The van der Waals surface area contributed by atoms with Crippen molar-refractivity contribution in [3.8, 4) is 17.2 Å². The summed E-state index contributed by atoms with van der Waals surface area (Å²) in [7, 11) is 1.62. The second-order valence-electron chi connectivity index (χ2n) is 4.00. The van der Waals surface area contributed by atoms with E-state index in [1.54, 1.807) is 7.11 Å². The first kappa shape index (κ1) is 12.9. The Bertz CT molecular complexity index is 525. The van der Waals surface area contributed by atoms with E-state index in [0.29, 0.717) is 24.1 Å². The van der Waals surface area contributed by atoms with Gasteiger partial charge in [0.1, 0.15) is 5.75 Å². The van der Waals surface area contributed by atoms with Crippen molar-refractivity contribution in [3.63, 3.8) is 0 Å². The molecular weight excluding hydrogens is 252 g/mol. The van der Waals surface area contributed by atoms with Gasteiger partial charge in [0.25, 0.3) is 5.89 Å². The lowest BCUT2D eigenvalue weighted by Crippen LogP contribution is -1.89.